The zero-order valence-corrected chi connectivity index (χ0v) is 13.4. The number of hydrogen-bond donors (Lipinski definition) is 2. The lowest BCUT2D eigenvalue weighted by Gasteiger charge is -2.06. The van der Waals surface area contributed by atoms with Gasteiger partial charge in [-0.1, -0.05) is 6.92 Å². The standard InChI is InChI=1S/C13H20N4OS2/c1-3-6-18-7-4-5-15-13-11(12(14)17-20-13)10-8-19-9(2)16-10/h8,15H,3-7H2,1-2H3,(H2,14,17). The molecule has 0 bridgehead atoms. The third kappa shape index (κ3) is 3.91. The molecule has 0 atom stereocenters. The van der Waals surface area contributed by atoms with Gasteiger partial charge in [-0.25, -0.2) is 4.98 Å². The van der Waals surface area contributed by atoms with Gasteiger partial charge in [0.2, 0.25) is 0 Å². The molecule has 0 radical (unpaired) electrons. The molecule has 3 N–H and O–H groups in total. The van der Waals surface area contributed by atoms with E-state index < -0.39 is 0 Å². The Morgan fingerprint density at radius 3 is 2.95 bits per heavy atom. The summed E-state index contributed by atoms with van der Waals surface area (Å²) in [6.45, 7) is 6.56. The average Bonchev–Trinajstić information content (AvgIpc) is 3.00. The summed E-state index contributed by atoms with van der Waals surface area (Å²) < 4.78 is 9.68. The number of ether oxygens (including phenoxy) is 1. The zero-order chi connectivity index (χ0) is 14.4. The molecule has 20 heavy (non-hydrogen) atoms. The van der Waals surface area contributed by atoms with Crippen LogP contribution in [0.3, 0.4) is 0 Å². The first-order chi connectivity index (χ1) is 9.72. The van der Waals surface area contributed by atoms with Crippen LogP contribution in [0.25, 0.3) is 11.3 Å². The second-order valence-corrected chi connectivity index (χ2v) is 6.25. The number of rotatable bonds is 8. The smallest absolute Gasteiger partial charge is 0.148 e. The summed E-state index contributed by atoms with van der Waals surface area (Å²) in [6.07, 6.45) is 2.03. The minimum atomic E-state index is 0.546. The van der Waals surface area contributed by atoms with Crippen LogP contribution in [0.2, 0.25) is 0 Å². The highest BCUT2D eigenvalue weighted by Crippen LogP contribution is 2.36. The van der Waals surface area contributed by atoms with E-state index in [4.69, 9.17) is 10.5 Å². The Morgan fingerprint density at radius 1 is 1.40 bits per heavy atom. The number of nitrogens with two attached hydrogens (primary N) is 1. The van der Waals surface area contributed by atoms with Gasteiger partial charge >= 0.3 is 0 Å². The highest BCUT2D eigenvalue weighted by Gasteiger charge is 2.15. The molecule has 0 saturated heterocycles. The zero-order valence-electron chi connectivity index (χ0n) is 11.8. The summed E-state index contributed by atoms with van der Waals surface area (Å²) in [4.78, 5) is 4.48. The minimum Gasteiger partial charge on any atom is -0.382 e. The number of hydrogen-bond acceptors (Lipinski definition) is 7. The maximum atomic E-state index is 5.95. The normalized spacial score (nSPS) is 10.9. The van der Waals surface area contributed by atoms with Crippen LogP contribution in [-0.2, 0) is 4.74 Å². The molecule has 0 aromatic carbocycles. The number of anilines is 2. The number of thiazole rings is 1. The molecule has 2 heterocycles. The largest absolute Gasteiger partial charge is 0.382 e. The molecule has 0 aliphatic carbocycles. The lowest BCUT2D eigenvalue weighted by atomic mass is 10.2. The Hall–Kier alpha value is -1.18. The maximum absolute atomic E-state index is 5.95. The number of nitrogen functional groups attached to an aromatic ring is 1. The van der Waals surface area contributed by atoms with Crippen molar-refractivity contribution in [2.75, 3.05) is 30.8 Å². The fourth-order valence-corrected chi connectivity index (χ4v) is 3.12. The Bertz CT molecular complexity index is 538. The highest BCUT2D eigenvalue weighted by atomic mass is 32.1. The van der Waals surface area contributed by atoms with Gasteiger partial charge in [0, 0.05) is 25.1 Å². The molecule has 0 unspecified atom stereocenters. The van der Waals surface area contributed by atoms with Gasteiger partial charge in [0.1, 0.15) is 10.8 Å². The second-order valence-electron chi connectivity index (χ2n) is 4.42. The van der Waals surface area contributed by atoms with Gasteiger partial charge < -0.3 is 15.8 Å². The van der Waals surface area contributed by atoms with Crippen molar-refractivity contribution in [3.05, 3.63) is 10.4 Å². The molecular formula is C13H20N4OS2. The molecular weight excluding hydrogens is 292 g/mol. The van der Waals surface area contributed by atoms with Crippen LogP contribution >= 0.6 is 22.9 Å². The van der Waals surface area contributed by atoms with E-state index in [0.29, 0.717) is 5.82 Å². The third-order valence-corrected chi connectivity index (χ3v) is 4.29. The van der Waals surface area contributed by atoms with E-state index >= 15 is 0 Å². The molecule has 2 rings (SSSR count). The van der Waals surface area contributed by atoms with Gasteiger partial charge in [-0.3, -0.25) is 0 Å². The number of aromatic nitrogens is 2. The van der Waals surface area contributed by atoms with E-state index in [1.165, 1.54) is 11.5 Å². The van der Waals surface area contributed by atoms with Crippen LogP contribution in [0.5, 0.6) is 0 Å². The van der Waals surface area contributed by atoms with E-state index in [-0.39, 0.29) is 0 Å². The van der Waals surface area contributed by atoms with Crippen molar-refractivity contribution >= 4 is 33.7 Å². The van der Waals surface area contributed by atoms with E-state index in [9.17, 15) is 0 Å². The molecule has 2 aromatic heterocycles. The highest BCUT2D eigenvalue weighted by molar-refractivity contribution is 7.11. The molecule has 0 amide bonds. The van der Waals surface area contributed by atoms with E-state index in [1.807, 2.05) is 12.3 Å². The topological polar surface area (TPSA) is 73.1 Å². The molecule has 0 spiro atoms. The molecule has 0 aliphatic heterocycles. The van der Waals surface area contributed by atoms with Crippen molar-refractivity contribution in [1.29, 1.82) is 0 Å². The molecule has 110 valence electrons. The van der Waals surface area contributed by atoms with Gasteiger partial charge in [0.25, 0.3) is 0 Å². The SMILES string of the molecule is CCCOCCCNc1snc(N)c1-c1csc(C)n1. The van der Waals surface area contributed by atoms with Crippen LogP contribution in [0, 0.1) is 6.92 Å². The summed E-state index contributed by atoms with van der Waals surface area (Å²) >= 11 is 3.01. The Labute approximate surface area is 127 Å². The fraction of sp³-hybridized carbons (Fsp3) is 0.538. The average molecular weight is 312 g/mol. The minimum absolute atomic E-state index is 0.546. The second kappa shape index (κ2) is 7.56. The van der Waals surface area contributed by atoms with Gasteiger partial charge in [0.05, 0.1) is 16.3 Å². The van der Waals surface area contributed by atoms with E-state index in [0.717, 1.165) is 53.9 Å². The van der Waals surface area contributed by atoms with Gasteiger partial charge in [-0.2, -0.15) is 4.37 Å². The third-order valence-electron chi connectivity index (χ3n) is 2.69. The summed E-state index contributed by atoms with van der Waals surface area (Å²) in [5.41, 5.74) is 7.78. The summed E-state index contributed by atoms with van der Waals surface area (Å²) in [5, 5.41) is 7.42. The van der Waals surface area contributed by atoms with E-state index in [2.05, 4.69) is 21.6 Å². The predicted octanol–water partition coefficient (Wildman–Crippen LogP) is 3.39. The molecule has 0 aliphatic rings. The Balaban J connectivity index is 1.92. The number of nitrogens with zero attached hydrogens (tertiary/aromatic N) is 2. The van der Waals surface area contributed by atoms with Crippen molar-refractivity contribution in [2.24, 2.45) is 0 Å². The monoisotopic (exact) mass is 312 g/mol. The molecule has 2 aromatic rings. The number of aryl methyl sites for hydroxylation is 1. The predicted molar refractivity (Wildman–Crippen MR) is 86.6 cm³/mol. The Kier molecular flexibility index (Phi) is 5.75. The Morgan fingerprint density at radius 2 is 2.25 bits per heavy atom. The molecule has 5 nitrogen and oxygen atoms in total. The first kappa shape index (κ1) is 15.2. The lowest BCUT2D eigenvalue weighted by Crippen LogP contribution is -2.06. The summed E-state index contributed by atoms with van der Waals surface area (Å²) in [6, 6.07) is 0. The van der Waals surface area contributed by atoms with Gasteiger partial charge in [0.15, 0.2) is 0 Å². The lowest BCUT2D eigenvalue weighted by molar-refractivity contribution is 0.134. The molecule has 7 heteroatoms. The first-order valence-electron chi connectivity index (χ1n) is 6.71. The quantitative estimate of drug-likeness (QED) is 0.731. The fourth-order valence-electron chi connectivity index (χ4n) is 1.77. The molecule has 0 fully saturated rings. The first-order valence-corrected chi connectivity index (χ1v) is 8.37. The van der Waals surface area contributed by atoms with Crippen molar-refractivity contribution in [3.8, 4) is 11.3 Å². The van der Waals surface area contributed by atoms with Crippen molar-refractivity contribution in [2.45, 2.75) is 26.7 Å². The van der Waals surface area contributed by atoms with Crippen LogP contribution in [0.1, 0.15) is 24.8 Å². The number of nitrogens with one attached hydrogen (secondary N) is 1. The van der Waals surface area contributed by atoms with Gasteiger partial charge in [-0.05, 0) is 31.3 Å². The van der Waals surface area contributed by atoms with E-state index in [1.54, 1.807) is 11.3 Å². The van der Waals surface area contributed by atoms with Crippen molar-refractivity contribution < 1.29 is 4.74 Å². The van der Waals surface area contributed by atoms with Crippen LogP contribution in [0.15, 0.2) is 5.38 Å². The van der Waals surface area contributed by atoms with Gasteiger partial charge in [-0.15, -0.1) is 11.3 Å². The summed E-state index contributed by atoms with van der Waals surface area (Å²) in [5.74, 6) is 0.546. The van der Waals surface area contributed by atoms with Crippen LogP contribution in [0.4, 0.5) is 10.8 Å². The van der Waals surface area contributed by atoms with Crippen LogP contribution < -0.4 is 11.1 Å². The summed E-state index contributed by atoms with van der Waals surface area (Å²) in [7, 11) is 0. The van der Waals surface area contributed by atoms with Crippen LogP contribution in [-0.4, -0.2) is 29.1 Å². The molecule has 0 saturated carbocycles. The van der Waals surface area contributed by atoms with Crippen molar-refractivity contribution in [1.82, 2.24) is 9.36 Å². The van der Waals surface area contributed by atoms with Crippen molar-refractivity contribution in [3.63, 3.8) is 0 Å². The maximum Gasteiger partial charge on any atom is 0.148 e.